The summed E-state index contributed by atoms with van der Waals surface area (Å²) in [6.45, 7) is 1.66. The van der Waals surface area contributed by atoms with Crippen LogP contribution in [0.2, 0.25) is 5.02 Å². The molecule has 7 heteroatoms. The molecule has 148 valence electrons. The molecule has 3 aromatic rings. The predicted octanol–water partition coefficient (Wildman–Crippen LogP) is 5.76. The van der Waals surface area contributed by atoms with Crippen molar-refractivity contribution in [3.8, 4) is 5.75 Å². The van der Waals surface area contributed by atoms with Gasteiger partial charge in [-0.2, -0.15) is 0 Å². The van der Waals surface area contributed by atoms with Gasteiger partial charge in [0.2, 0.25) is 0 Å². The molecule has 2 amide bonds. The van der Waals surface area contributed by atoms with Crippen molar-refractivity contribution in [3.05, 3.63) is 87.9 Å². The van der Waals surface area contributed by atoms with Gasteiger partial charge in [0.1, 0.15) is 5.75 Å². The van der Waals surface area contributed by atoms with Crippen LogP contribution in [-0.4, -0.2) is 17.9 Å². The van der Waals surface area contributed by atoms with Crippen LogP contribution < -0.4 is 15.4 Å². The van der Waals surface area contributed by atoms with E-state index in [0.717, 1.165) is 4.47 Å². The highest BCUT2D eigenvalue weighted by Gasteiger charge is 2.15. The Kier molecular flexibility index (Phi) is 6.90. The van der Waals surface area contributed by atoms with Crippen LogP contribution in [0.5, 0.6) is 5.75 Å². The lowest BCUT2D eigenvalue weighted by Gasteiger charge is -2.15. The van der Waals surface area contributed by atoms with E-state index in [2.05, 4.69) is 26.6 Å². The third-order valence-electron chi connectivity index (χ3n) is 4.01. The number of anilines is 2. The van der Waals surface area contributed by atoms with E-state index in [1.165, 1.54) is 0 Å². The van der Waals surface area contributed by atoms with Gasteiger partial charge in [-0.1, -0.05) is 27.5 Å². The van der Waals surface area contributed by atoms with Crippen LogP contribution in [0.25, 0.3) is 0 Å². The van der Waals surface area contributed by atoms with Gasteiger partial charge in [-0.3, -0.25) is 9.59 Å². The molecule has 3 aromatic carbocycles. The van der Waals surface area contributed by atoms with Crippen molar-refractivity contribution in [1.82, 2.24) is 0 Å². The van der Waals surface area contributed by atoms with Crippen LogP contribution in [0.3, 0.4) is 0 Å². The number of nitrogens with one attached hydrogen (secondary N) is 2. The lowest BCUT2D eigenvalue weighted by molar-refractivity contribution is -0.122. The molecule has 29 heavy (non-hydrogen) atoms. The number of carbonyl (C=O) groups excluding carboxylic acids is 2. The van der Waals surface area contributed by atoms with Gasteiger partial charge in [-0.15, -0.1) is 0 Å². The molecule has 0 aliphatic heterocycles. The SMILES string of the molecule is CC(Oc1ccc(C(=O)Nc2ccc(Cl)cc2)cc1)C(=O)Nc1ccc(Br)cc1. The van der Waals surface area contributed by atoms with Crippen molar-refractivity contribution < 1.29 is 14.3 Å². The number of hydrogen-bond donors (Lipinski definition) is 2. The summed E-state index contributed by atoms with van der Waals surface area (Å²) in [6.07, 6.45) is -0.701. The van der Waals surface area contributed by atoms with Crippen molar-refractivity contribution in [2.24, 2.45) is 0 Å². The first kappa shape index (κ1) is 20.9. The van der Waals surface area contributed by atoms with Crippen molar-refractivity contribution in [2.75, 3.05) is 10.6 Å². The predicted molar refractivity (Wildman–Crippen MR) is 119 cm³/mol. The Morgan fingerprint density at radius 3 is 2.03 bits per heavy atom. The molecule has 0 bridgehead atoms. The van der Waals surface area contributed by atoms with Gasteiger partial charge in [0.25, 0.3) is 11.8 Å². The molecule has 0 spiro atoms. The summed E-state index contributed by atoms with van der Waals surface area (Å²) in [5.41, 5.74) is 1.81. The molecular weight excluding hydrogens is 456 g/mol. The van der Waals surface area contributed by atoms with Gasteiger partial charge in [-0.25, -0.2) is 0 Å². The molecule has 3 rings (SSSR count). The molecule has 1 unspecified atom stereocenters. The molecule has 0 fully saturated rings. The summed E-state index contributed by atoms with van der Waals surface area (Å²) in [5.74, 6) is -0.0247. The second-order valence-electron chi connectivity index (χ2n) is 6.24. The standard InChI is InChI=1S/C22H18BrClN2O3/c1-14(21(27)25-18-8-4-16(23)5-9-18)29-20-12-2-15(3-13-20)22(28)26-19-10-6-17(24)7-11-19/h2-14H,1H3,(H,25,27)(H,26,28). The van der Waals surface area contributed by atoms with E-state index in [1.807, 2.05) is 12.1 Å². The van der Waals surface area contributed by atoms with Gasteiger partial charge in [0, 0.05) is 26.4 Å². The number of benzene rings is 3. The summed E-state index contributed by atoms with van der Waals surface area (Å²) in [6, 6.07) is 20.7. The molecule has 0 aromatic heterocycles. The van der Waals surface area contributed by atoms with E-state index in [0.29, 0.717) is 27.7 Å². The second kappa shape index (κ2) is 9.58. The van der Waals surface area contributed by atoms with Crippen LogP contribution in [0.15, 0.2) is 77.3 Å². The molecule has 0 aliphatic rings. The maximum Gasteiger partial charge on any atom is 0.265 e. The van der Waals surface area contributed by atoms with Gasteiger partial charge in [-0.05, 0) is 79.7 Å². The largest absolute Gasteiger partial charge is 0.481 e. The molecule has 0 radical (unpaired) electrons. The lowest BCUT2D eigenvalue weighted by atomic mass is 10.2. The summed E-state index contributed by atoms with van der Waals surface area (Å²) < 4.78 is 6.60. The molecular formula is C22H18BrClN2O3. The number of carbonyl (C=O) groups is 2. The van der Waals surface area contributed by atoms with E-state index >= 15 is 0 Å². The summed E-state index contributed by atoms with van der Waals surface area (Å²) in [5, 5.41) is 6.18. The molecule has 0 heterocycles. The highest BCUT2D eigenvalue weighted by molar-refractivity contribution is 9.10. The zero-order chi connectivity index (χ0) is 20.8. The summed E-state index contributed by atoms with van der Waals surface area (Å²) >= 11 is 9.19. The third kappa shape index (κ3) is 6.07. The zero-order valence-corrected chi connectivity index (χ0v) is 17.8. The minimum Gasteiger partial charge on any atom is -0.481 e. The van der Waals surface area contributed by atoms with Crippen LogP contribution in [0.1, 0.15) is 17.3 Å². The number of hydrogen-bond acceptors (Lipinski definition) is 3. The molecule has 0 saturated heterocycles. The molecule has 0 saturated carbocycles. The first-order valence-electron chi connectivity index (χ1n) is 8.81. The molecule has 0 aliphatic carbocycles. The molecule has 5 nitrogen and oxygen atoms in total. The zero-order valence-electron chi connectivity index (χ0n) is 15.5. The Morgan fingerprint density at radius 2 is 1.41 bits per heavy atom. The highest BCUT2D eigenvalue weighted by Crippen LogP contribution is 2.18. The second-order valence-corrected chi connectivity index (χ2v) is 7.59. The van der Waals surface area contributed by atoms with E-state index in [9.17, 15) is 9.59 Å². The van der Waals surface area contributed by atoms with Crippen LogP contribution >= 0.6 is 27.5 Å². The van der Waals surface area contributed by atoms with E-state index < -0.39 is 6.10 Å². The number of halogens is 2. The van der Waals surface area contributed by atoms with Crippen molar-refractivity contribution in [3.63, 3.8) is 0 Å². The van der Waals surface area contributed by atoms with Crippen molar-refractivity contribution >= 4 is 50.7 Å². The average Bonchev–Trinajstić information content (AvgIpc) is 2.72. The Bertz CT molecular complexity index is 990. The fourth-order valence-electron chi connectivity index (χ4n) is 2.46. The molecule has 1 atom stereocenters. The van der Waals surface area contributed by atoms with Crippen molar-refractivity contribution in [1.29, 1.82) is 0 Å². The molecule has 2 N–H and O–H groups in total. The van der Waals surface area contributed by atoms with Gasteiger partial charge in [0.05, 0.1) is 0 Å². The topological polar surface area (TPSA) is 67.4 Å². The first-order valence-corrected chi connectivity index (χ1v) is 9.98. The van der Waals surface area contributed by atoms with Gasteiger partial charge in [0.15, 0.2) is 6.10 Å². The summed E-state index contributed by atoms with van der Waals surface area (Å²) in [4.78, 5) is 24.6. The smallest absolute Gasteiger partial charge is 0.265 e. The number of amides is 2. The summed E-state index contributed by atoms with van der Waals surface area (Å²) in [7, 11) is 0. The monoisotopic (exact) mass is 472 g/mol. The number of rotatable bonds is 6. The Balaban J connectivity index is 1.56. The Hall–Kier alpha value is -2.83. The minimum absolute atomic E-state index is 0.250. The maximum atomic E-state index is 12.3. The highest BCUT2D eigenvalue weighted by atomic mass is 79.9. The van der Waals surface area contributed by atoms with Crippen LogP contribution in [0.4, 0.5) is 11.4 Å². The van der Waals surface area contributed by atoms with Gasteiger partial charge < -0.3 is 15.4 Å². The van der Waals surface area contributed by atoms with Crippen LogP contribution in [0, 0.1) is 0 Å². The van der Waals surface area contributed by atoms with E-state index in [-0.39, 0.29) is 11.8 Å². The van der Waals surface area contributed by atoms with Crippen molar-refractivity contribution in [2.45, 2.75) is 13.0 Å². The average molecular weight is 474 g/mol. The lowest BCUT2D eigenvalue weighted by Crippen LogP contribution is -2.30. The Morgan fingerprint density at radius 1 is 0.862 bits per heavy atom. The normalized spacial score (nSPS) is 11.4. The third-order valence-corrected chi connectivity index (χ3v) is 4.79. The maximum absolute atomic E-state index is 12.3. The fourth-order valence-corrected chi connectivity index (χ4v) is 2.85. The number of ether oxygens (including phenoxy) is 1. The quantitative estimate of drug-likeness (QED) is 0.478. The first-order chi connectivity index (χ1) is 13.9. The Labute approximate surface area is 182 Å². The fraction of sp³-hybridized carbons (Fsp3) is 0.0909. The van der Waals surface area contributed by atoms with Gasteiger partial charge >= 0.3 is 0 Å². The van der Waals surface area contributed by atoms with Crippen LogP contribution in [-0.2, 0) is 4.79 Å². The van der Waals surface area contributed by atoms with E-state index in [4.69, 9.17) is 16.3 Å². The van der Waals surface area contributed by atoms with E-state index in [1.54, 1.807) is 67.6 Å². The minimum atomic E-state index is -0.701.